The van der Waals surface area contributed by atoms with Crippen LogP contribution in [-0.4, -0.2) is 86.9 Å². The van der Waals surface area contributed by atoms with Crippen LogP contribution < -0.4 is 4.90 Å². The molecule has 47 heavy (non-hydrogen) atoms. The van der Waals surface area contributed by atoms with Crippen LogP contribution in [0.25, 0.3) is 11.4 Å². The van der Waals surface area contributed by atoms with Crippen LogP contribution in [-0.2, 0) is 51.2 Å². The van der Waals surface area contributed by atoms with E-state index in [0.717, 1.165) is 31.2 Å². The zero-order chi connectivity index (χ0) is 33.2. The van der Waals surface area contributed by atoms with Crippen LogP contribution in [0.1, 0.15) is 58.6 Å². The van der Waals surface area contributed by atoms with Crippen LogP contribution in [0.5, 0.6) is 0 Å². The second-order valence-electron chi connectivity index (χ2n) is 11.5. The van der Waals surface area contributed by atoms with E-state index in [2.05, 4.69) is 20.4 Å². The molecule has 4 atom stereocenters. The summed E-state index contributed by atoms with van der Waals surface area (Å²) in [6, 6.07) is 10.3. The first-order valence-electron chi connectivity index (χ1n) is 15.7. The first kappa shape index (κ1) is 33.7. The van der Waals surface area contributed by atoms with Crippen molar-refractivity contribution < 1.29 is 42.6 Å². The van der Waals surface area contributed by atoms with Gasteiger partial charge in [0.25, 0.3) is 0 Å². The number of esters is 3. The summed E-state index contributed by atoms with van der Waals surface area (Å²) < 4.78 is 34.9. The summed E-state index contributed by atoms with van der Waals surface area (Å²) in [5.74, 6) is -0.977. The lowest BCUT2D eigenvalue weighted by Gasteiger charge is -2.32. The maximum Gasteiger partial charge on any atom is 0.325 e. The fourth-order valence-corrected chi connectivity index (χ4v) is 5.58. The summed E-state index contributed by atoms with van der Waals surface area (Å²) >= 11 is 0. The van der Waals surface area contributed by atoms with Crippen molar-refractivity contribution >= 4 is 23.9 Å². The molecule has 252 valence electrons. The average molecular weight is 653 g/mol. The molecule has 15 nitrogen and oxygen atoms in total. The van der Waals surface area contributed by atoms with Crippen molar-refractivity contribution in [1.29, 1.82) is 0 Å². The van der Waals surface area contributed by atoms with E-state index >= 15 is 0 Å². The van der Waals surface area contributed by atoms with Crippen molar-refractivity contribution in [1.82, 2.24) is 25.1 Å². The molecule has 15 heteroatoms. The Labute approximate surface area is 272 Å². The first-order valence-corrected chi connectivity index (χ1v) is 15.7. The van der Waals surface area contributed by atoms with E-state index in [1.807, 2.05) is 30.3 Å². The fraction of sp³-hybridized carbons (Fsp3) is 0.531. The van der Waals surface area contributed by atoms with Gasteiger partial charge in [-0.15, -0.1) is 5.10 Å². The number of hydrogen-bond acceptors (Lipinski definition) is 14. The Morgan fingerprint density at radius 1 is 1.02 bits per heavy atom. The Kier molecular flexibility index (Phi) is 11.7. The number of rotatable bonds is 14. The highest BCUT2D eigenvalue weighted by Crippen LogP contribution is 2.29. The standard InChI is InChI=1S/C32H40N6O9/c1-21(39)42-20-29-28(45-23(3)41)14-15-30(46-29)43-19-27(44-22(2)40)18-37-16-25(34-36-37)17-38(26-12-8-5-9-13-26)32-33-31(35-47-32)24-10-6-4-7-11-24/h4,6-7,10-11,14-16,26-30H,5,8-9,12-13,17-20H2,1-3H3/t27-,28+,29-,30+/m1/s1. The lowest BCUT2D eigenvalue weighted by Crippen LogP contribution is -2.43. The molecule has 0 unspecified atom stereocenters. The quantitative estimate of drug-likeness (QED) is 0.141. The number of aromatic nitrogens is 5. The molecule has 1 aromatic carbocycles. The van der Waals surface area contributed by atoms with Crippen LogP contribution in [0.15, 0.2) is 53.2 Å². The van der Waals surface area contributed by atoms with Gasteiger partial charge >= 0.3 is 23.9 Å². The Morgan fingerprint density at radius 3 is 2.53 bits per heavy atom. The Morgan fingerprint density at radius 2 is 1.81 bits per heavy atom. The number of nitrogens with zero attached hydrogens (tertiary/aromatic N) is 6. The number of anilines is 1. The monoisotopic (exact) mass is 652 g/mol. The summed E-state index contributed by atoms with van der Waals surface area (Å²) in [5.41, 5.74) is 1.55. The molecule has 0 saturated heterocycles. The van der Waals surface area contributed by atoms with Crippen LogP contribution in [0, 0.1) is 0 Å². The molecule has 0 bridgehead atoms. The second kappa shape index (κ2) is 16.3. The summed E-state index contributed by atoms with van der Waals surface area (Å²) in [7, 11) is 0. The third kappa shape index (κ3) is 9.93. The predicted molar refractivity (Wildman–Crippen MR) is 164 cm³/mol. The molecule has 3 aromatic rings. The summed E-state index contributed by atoms with van der Waals surface area (Å²) in [6.07, 6.45) is 7.29. The molecule has 0 amide bonds. The second-order valence-corrected chi connectivity index (χ2v) is 11.5. The van der Waals surface area contributed by atoms with Gasteiger partial charge in [0.2, 0.25) is 5.82 Å². The minimum absolute atomic E-state index is 0.0409. The van der Waals surface area contributed by atoms with Gasteiger partial charge in [-0.3, -0.25) is 14.4 Å². The molecule has 1 saturated carbocycles. The highest BCUT2D eigenvalue weighted by atomic mass is 16.7. The van der Waals surface area contributed by atoms with E-state index < -0.39 is 42.5 Å². The SMILES string of the molecule is CC(=O)OC[C@H]1O[C@H](OC[C@@H](Cn2cc(CN(c3nc(-c4ccccc4)no3)C3CCCCC3)nn2)OC(C)=O)C=C[C@@H]1OC(C)=O. The van der Waals surface area contributed by atoms with Crippen molar-refractivity contribution in [3.63, 3.8) is 0 Å². The van der Waals surface area contributed by atoms with Gasteiger partial charge < -0.3 is 33.1 Å². The average Bonchev–Trinajstić information content (AvgIpc) is 3.72. The van der Waals surface area contributed by atoms with Gasteiger partial charge in [0.05, 0.1) is 25.9 Å². The molecule has 1 aliphatic heterocycles. The fourth-order valence-electron chi connectivity index (χ4n) is 5.58. The number of hydrogen-bond donors (Lipinski definition) is 0. The van der Waals surface area contributed by atoms with Gasteiger partial charge in [0.15, 0.2) is 6.29 Å². The van der Waals surface area contributed by atoms with Gasteiger partial charge in [-0.2, -0.15) is 4.98 Å². The third-order valence-electron chi connectivity index (χ3n) is 7.68. The lowest BCUT2D eigenvalue weighted by molar-refractivity contribution is -0.205. The van der Waals surface area contributed by atoms with Gasteiger partial charge in [-0.25, -0.2) is 4.68 Å². The molecule has 1 aliphatic carbocycles. The largest absolute Gasteiger partial charge is 0.463 e. The highest BCUT2D eigenvalue weighted by molar-refractivity contribution is 5.67. The predicted octanol–water partition coefficient (Wildman–Crippen LogP) is 3.39. The van der Waals surface area contributed by atoms with E-state index in [4.69, 9.17) is 33.2 Å². The Hall–Kier alpha value is -4.63. The Bertz CT molecular complexity index is 1500. The summed E-state index contributed by atoms with van der Waals surface area (Å²) in [6.45, 7) is 4.25. The van der Waals surface area contributed by atoms with E-state index in [9.17, 15) is 14.4 Å². The van der Waals surface area contributed by atoms with Gasteiger partial charge in [-0.1, -0.05) is 60.0 Å². The van der Waals surface area contributed by atoms with E-state index in [0.29, 0.717) is 24.1 Å². The highest BCUT2D eigenvalue weighted by Gasteiger charge is 2.32. The Balaban J connectivity index is 1.23. The molecule has 2 aromatic heterocycles. The van der Waals surface area contributed by atoms with Crippen LogP contribution in [0.4, 0.5) is 6.01 Å². The molecule has 0 spiro atoms. The topological polar surface area (TPSA) is 170 Å². The first-order chi connectivity index (χ1) is 22.7. The summed E-state index contributed by atoms with van der Waals surface area (Å²) in [4.78, 5) is 41.6. The smallest absolute Gasteiger partial charge is 0.325 e. The zero-order valence-electron chi connectivity index (χ0n) is 26.7. The third-order valence-corrected chi connectivity index (χ3v) is 7.68. The minimum Gasteiger partial charge on any atom is -0.463 e. The van der Waals surface area contributed by atoms with Crippen molar-refractivity contribution in [3.8, 4) is 11.4 Å². The van der Waals surface area contributed by atoms with Gasteiger partial charge in [0.1, 0.15) is 30.6 Å². The number of ether oxygens (including phenoxy) is 5. The maximum atomic E-state index is 11.9. The maximum absolute atomic E-state index is 11.9. The number of carbonyl (C=O) groups is 3. The number of carbonyl (C=O) groups excluding carboxylic acids is 3. The van der Waals surface area contributed by atoms with Crippen LogP contribution in [0.3, 0.4) is 0 Å². The molecule has 1 fully saturated rings. The van der Waals surface area contributed by atoms with Crippen molar-refractivity contribution in [2.24, 2.45) is 0 Å². The lowest BCUT2D eigenvalue weighted by atomic mass is 9.94. The van der Waals surface area contributed by atoms with E-state index in [-0.39, 0.29) is 25.8 Å². The van der Waals surface area contributed by atoms with Crippen molar-refractivity contribution in [2.75, 3.05) is 18.1 Å². The normalized spacial score (nSPS) is 20.4. The van der Waals surface area contributed by atoms with Crippen molar-refractivity contribution in [3.05, 3.63) is 54.4 Å². The number of benzene rings is 1. The molecule has 0 radical (unpaired) electrons. The van der Waals surface area contributed by atoms with Gasteiger partial charge in [-0.05, 0) is 25.0 Å². The zero-order valence-corrected chi connectivity index (χ0v) is 26.7. The van der Waals surface area contributed by atoms with E-state index in [1.54, 1.807) is 23.0 Å². The molecular weight excluding hydrogens is 612 g/mol. The van der Waals surface area contributed by atoms with Crippen LogP contribution in [0.2, 0.25) is 0 Å². The summed E-state index contributed by atoms with van der Waals surface area (Å²) in [5, 5.41) is 12.9. The van der Waals surface area contributed by atoms with Gasteiger partial charge in [0, 0.05) is 32.4 Å². The molecule has 5 rings (SSSR count). The molecule has 2 aliphatic rings. The van der Waals surface area contributed by atoms with Crippen molar-refractivity contribution in [2.45, 2.75) is 96.6 Å². The van der Waals surface area contributed by atoms with Crippen LogP contribution >= 0.6 is 0 Å². The molecule has 0 N–H and O–H groups in total. The molecule has 3 heterocycles. The molecular formula is C32H40N6O9. The van der Waals surface area contributed by atoms with E-state index in [1.165, 1.54) is 27.2 Å². The minimum atomic E-state index is -0.869.